The molecule has 19 heavy (non-hydrogen) atoms. The highest BCUT2D eigenvalue weighted by Gasteiger charge is 2.21. The summed E-state index contributed by atoms with van der Waals surface area (Å²) in [5, 5.41) is 0.475. The third kappa shape index (κ3) is 2.45. The van der Waals surface area contributed by atoms with E-state index in [9.17, 15) is 0 Å². The van der Waals surface area contributed by atoms with Crippen LogP contribution in [0, 0.1) is 0 Å². The van der Waals surface area contributed by atoms with Gasteiger partial charge in [-0.3, -0.25) is 0 Å². The summed E-state index contributed by atoms with van der Waals surface area (Å²) in [5.41, 5.74) is 3.23. The second-order valence-corrected chi connectivity index (χ2v) is 5.73. The summed E-state index contributed by atoms with van der Waals surface area (Å²) in [6.07, 6.45) is 1.19. The van der Waals surface area contributed by atoms with Crippen molar-refractivity contribution in [1.82, 2.24) is 0 Å². The smallest absolute Gasteiger partial charge is 0.123 e. The molecule has 0 amide bonds. The summed E-state index contributed by atoms with van der Waals surface area (Å²) < 4.78 is 5.70. The second kappa shape index (κ2) is 5.07. The monoisotopic (exact) mass is 292 g/mol. The van der Waals surface area contributed by atoms with Crippen molar-refractivity contribution in [2.45, 2.75) is 24.8 Å². The molecule has 0 aliphatic carbocycles. The molecule has 2 atom stereocenters. The van der Waals surface area contributed by atoms with Gasteiger partial charge in [0.05, 0.1) is 5.38 Å². The number of halogens is 2. The number of fused-ring (bicyclic) bond motifs is 1. The van der Waals surface area contributed by atoms with Crippen molar-refractivity contribution in [3.05, 3.63) is 64.2 Å². The van der Waals surface area contributed by atoms with Gasteiger partial charge in [-0.1, -0.05) is 41.9 Å². The third-order valence-corrected chi connectivity index (χ3v) is 4.22. The first-order chi connectivity index (χ1) is 9.15. The molecule has 2 unspecified atom stereocenters. The summed E-state index contributed by atoms with van der Waals surface area (Å²) in [7, 11) is 0. The molecule has 98 valence electrons. The molecule has 1 heterocycles. The van der Waals surface area contributed by atoms with Crippen molar-refractivity contribution in [2.75, 3.05) is 0 Å². The van der Waals surface area contributed by atoms with Crippen LogP contribution in [0.15, 0.2) is 42.5 Å². The number of alkyl halides is 1. The van der Waals surface area contributed by atoms with Gasteiger partial charge >= 0.3 is 0 Å². The van der Waals surface area contributed by atoms with Crippen LogP contribution in [0.3, 0.4) is 0 Å². The molecule has 0 saturated carbocycles. The lowest BCUT2D eigenvalue weighted by molar-refractivity contribution is 0.254. The van der Waals surface area contributed by atoms with Crippen molar-refractivity contribution in [3.63, 3.8) is 0 Å². The number of hydrogen-bond donors (Lipinski definition) is 0. The van der Waals surface area contributed by atoms with Crippen LogP contribution in [0.1, 0.15) is 29.0 Å². The Morgan fingerprint density at radius 2 is 2.00 bits per heavy atom. The van der Waals surface area contributed by atoms with E-state index in [1.54, 1.807) is 0 Å². The molecule has 0 spiro atoms. The van der Waals surface area contributed by atoms with Gasteiger partial charge in [0, 0.05) is 11.4 Å². The molecule has 0 saturated heterocycles. The van der Waals surface area contributed by atoms with Gasteiger partial charge in [-0.15, -0.1) is 11.6 Å². The maximum atomic E-state index is 6.55. The van der Waals surface area contributed by atoms with Crippen LogP contribution in [0.25, 0.3) is 0 Å². The summed E-state index contributed by atoms with van der Waals surface area (Å²) in [6.45, 7) is 2.08. The summed E-state index contributed by atoms with van der Waals surface area (Å²) in [5.74, 6) is 0.972. The zero-order chi connectivity index (χ0) is 13.4. The Bertz CT molecular complexity index is 609. The van der Waals surface area contributed by atoms with Crippen LogP contribution in [0.2, 0.25) is 5.02 Å². The van der Waals surface area contributed by atoms with E-state index in [4.69, 9.17) is 27.9 Å². The highest BCUT2D eigenvalue weighted by Crippen LogP contribution is 2.37. The predicted octanol–water partition coefficient (Wildman–Crippen LogP) is 4.99. The van der Waals surface area contributed by atoms with Crippen LogP contribution in [0.4, 0.5) is 0 Å². The van der Waals surface area contributed by atoms with E-state index in [0.29, 0.717) is 5.02 Å². The quantitative estimate of drug-likeness (QED) is 0.709. The van der Waals surface area contributed by atoms with E-state index in [1.165, 1.54) is 5.56 Å². The molecule has 2 aromatic carbocycles. The lowest BCUT2D eigenvalue weighted by Crippen LogP contribution is -2.05. The molecule has 0 radical (unpaired) electrons. The van der Waals surface area contributed by atoms with Crippen LogP contribution >= 0.6 is 23.2 Å². The number of benzene rings is 2. The molecule has 3 rings (SSSR count). The average Bonchev–Trinajstić information content (AvgIpc) is 2.77. The summed E-state index contributed by atoms with van der Waals surface area (Å²) in [6, 6.07) is 13.8. The van der Waals surface area contributed by atoms with Gasteiger partial charge in [0.15, 0.2) is 0 Å². The largest absolute Gasteiger partial charge is 0.490 e. The Morgan fingerprint density at radius 1 is 1.21 bits per heavy atom. The van der Waals surface area contributed by atoms with Crippen molar-refractivity contribution >= 4 is 23.2 Å². The van der Waals surface area contributed by atoms with E-state index in [2.05, 4.69) is 13.0 Å². The fourth-order valence-electron chi connectivity index (χ4n) is 2.46. The molecule has 0 N–H and O–H groups in total. The number of ether oxygens (including phenoxy) is 1. The fraction of sp³-hybridized carbons (Fsp3) is 0.250. The lowest BCUT2D eigenvalue weighted by Gasteiger charge is -2.13. The van der Waals surface area contributed by atoms with Crippen molar-refractivity contribution in [2.24, 2.45) is 0 Å². The predicted molar refractivity (Wildman–Crippen MR) is 79.4 cm³/mol. The standard InChI is InChI=1S/C16H14Cl2O/c1-10-8-12-9-11(6-7-15(12)19-10)16(18)13-4-2-3-5-14(13)17/h2-7,9-10,16H,8H2,1H3. The molecule has 0 bridgehead atoms. The number of hydrogen-bond acceptors (Lipinski definition) is 1. The van der Waals surface area contributed by atoms with E-state index < -0.39 is 0 Å². The Labute approximate surface area is 123 Å². The first-order valence-electron chi connectivity index (χ1n) is 6.33. The Kier molecular flexibility index (Phi) is 3.42. The van der Waals surface area contributed by atoms with Gasteiger partial charge in [0.1, 0.15) is 11.9 Å². The molecular formula is C16H14Cl2O. The maximum Gasteiger partial charge on any atom is 0.123 e. The van der Waals surface area contributed by atoms with Gasteiger partial charge < -0.3 is 4.74 Å². The molecular weight excluding hydrogens is 279 g/mol. The summed E-state index contributed by atoms with van der Waals surface area (Å²) >= 11 is 12.8. The average molecular weight is 293 g/mol. The van der Waals surface area contributed by atoms with E-state index in [1.807, 2.05) is 36.4 Å². The fourth-order valence-corrected chi connectivity index (χ4v) is 3.09. The van der Waals surface area contributed by atoms with Crippen LogP contribution in [-0.4, -0.2) is 6.10 Å². The van der Waals surface area contributed by atoms with Gasteiger partial charge in [0.2, 0.25) is 0 Å². The molecule has 1 aliphatic rings. The second-order valence-electron chi connectivity index (χ2n) is 4.88. The van der Waals surface area contributed by atoms with Crippen LogP contribution in [-0.2, 0) is 6.42 Å². The maximum absolute atomic E-state index is 6.55. The van der Waals surface area contributed by atoms with Crippen molar-refractivity contribution in [1.29, 1.82) is 0 Å². The highest BCUT2D eigenvalue weighted by atomic mass is 35.5. The molecule has 3 heteroatoms. The highest BCUT2D eigenvalue weighted by molar-refractivity contribution is 6.33. The summed E-state index contributed by atoms with van der Waals surface area (Å²) in [4.78, 5) is 0. The molecule has 0 fully saturated rings. The van der Waals surface area contributed by atoms with Crippen molar-refractivity contribution < 1.29 is 4.74 Å². The normalized spacial score (nSPS) is 18.8. The Morgan fingerprint density at radius 3 is 2.79 bits per heavy atom. The van der Waals surface area contributed by atoms with Crippen LogP contribution < -0.4 is 4.74 Å². The van der Waals surface area contributed by atoms with E-state index in [0.717, 1.165) is 23.3 Å². The van der Waals surface area contributed by atoms with Crippen molar-refractivity contribution in [3.8, 4) is 5.75 Å². The SMILES string of the molecule is CC1Cc2cc(C(Cl)c3ccccc3Cl)ccc2O1. The van der Waals surface area contributed by atoms with Gasteiger partial charge in [-0.2, -0.15) is 0 Å². The Balaban J connectivity index is 1.95. The van der Waals surface area contributed by atoms with E-state index in [-0.39, 0.29) is 11.5 Å². The molecule has 0 aromatic heterocycles. The van der Waals surface area contributed by atoms with Gasteiger partial charge in [0.25, 0.3) is 0 Å². The molecule has 2 aromatic rings. The third-order valence-electron chi connectivity index (χ3n) is 3.39. The lowest BCUT2D eigenvalue weighted by atomic mass is 10.0. The van der Waals surface area contributed by atoms with Gasteiger partial charge in [-0.25, -0.2) is 0 Å². The first kappa shape index (κ1) is 12.8. The minimum atomic E-state index is -0.227. The molecule has 1 nitrogen and oxygen atoms in total. The zero-order valence-electron chi connectivity index (χ0n) is 10.6. The molecule has 1 aliphatic heterocycles. The number of rotatable bonds is 2. The van der Waals surface area contributed by atoms with E-state index >= 15 is 0 Å². The van der Waals surface area contributed by atoms with Gasteiger partial charge in [-0.05, 0) is 35.7 Å². The Hall–Kier alpha value is -1.18. The van der Waals surface area contributed by atoms with Crippen LogP contribution in [0.5, 0.6) is 5.75 Å². The first-order valence-corrected chi connectivity index (χ1v) is 7.14. The topological polar surface area (TPSA) is 9.23 Å². The minimum Gasteiger partial charge on any atom is -0.490 e. The minimum absolute atomic E-state index is 0.227. The zero-order valence-corrected chi connectivity index (χ0v) is 12.1.